The van der Waals surface area contributed by atoms with Crippen LogP contribution in [0.5, 0.6) is 0 Å². The van der Waals surface area contributed by atoms with E-state index in [1.54, 1.807) is 12.1 Å². The average molecular weight is 409 g/mol. The molecule has 8 heteroatoms. The fourth-order valence-corrected chi connectivity index (χ4v) is 3.72. The van der Waals surface area contributed by atoms with Crippen LogP contribution in [0.15, 0.2) is 29.2 Å². The Morgan fingerprint density at radius 3 is 2.79 bits per heavy atom. The summed E-state index contributed by atoms with van der Waals surface area (Å²) in [5.41, 5.74) is 0.402. The van der Waals surface area contributed by atoms with Gasteiger partial charge in [-0.25, -0.2) is 9.59 Å². The van der Waals surface area contributed by atoms with Crippen molar-refractivity contribution in [2.45, 2.75) is 44.1 Å². The van der Waals surface area contributed by atoms with E-state index in [1.165, 1.54) is 11.8 Å². The highest BCUT2D eigenvalue weighted by Crippen LogP contribution is 2.27. The summed E-state index contributed by atoms with van der Waals surface area (Å²) >= 11 is 1.54. The summed E-state index contributed by atoms with van der Waals surface area (Å²) in [6.45, 7) is 4.84. The molecule has 2 N–H and O–H groups in total. The van der Waals surface area contributed by atoms with Crippen LogP contribution in [0, 0.1) is 5.92 Å². The lowest BCUT2D eigenvalue weighted by molar-refractivity contribution is -0.123. The minimum Gasteiger partial charge on any atom is -0.452 e. The fraction of sp³-hybridized carbons (Fsp3) is 0.550. The van der Waals surface area contributed by atoms with Gasteiger partial charge in [0.1, 0.15) is 0 Å². The molecule has 3 amide bonds. The van der Waals surface area contributed by atoms with Gasteiger partial charge in [-0.15, -0.1) is 11.8 Å². The molecule has 1 aliphatic heterocycles. The van der Waals surface area contributed by atoms with E-state index in [0.29, 0.717) is 18.0 Å². The van der Waals surface area contributed by atoms with E-state index in [4.69, 9.17) is 9.47 Å². The molecule has 1 aromatic carbocycles. The lowest BCUT2D eigenvalue weighted by Gasteiger charge is -2.12. The maximum atomic E-state index is 12.4. The summed E-state index contributed by atoms with van der Waals surface area (Å²) < 4.78 is 10.7. The molecule has 0 aliphatic carbocycles. The van der Waals surface area contributed by atoms with E-state index in [1.807, 2.05) is 26.0 Å². The fourth-order valence-electron chi connectivity index (χ4n) is 2.61. The number of urea groups is 1. The molecule has 0 bridgehead atoms. The van der Waals surface area contributed by atoms with E-state index >= 15 is 0 Å². The largest absolute Gasteiger partial charge is 0.452 e. The number of thioether (sulfide) groups is 1. The lowest BCUT2D eigenvalue weighted by Crippen LogP contribution is -2.42. The first-order chi connectivity index (χ1) is 13.5. The van der Waals surface area contributed by atoms with Crippen molar-refractivity contribution in [3.63, 3.8) is 0 Å². The van der Waals surface area contributed by atoms with E-state index in [2.05, 4.69) is 10.6 Å². The van der Waals surface area contributed by atoms with Gasteiger partial charge in [0.25, 0.3) is 5.91 Å². The summed E-state index contributed by atoms with van der Waals surface area (Å²) in [7, 11) is 0. The number of esters is 1. The second-order valence-electron chi connectivity index (χ2n) is 7.00. The van der Waals surface area contributed by atoms with Crippen molar-refractivity contribution < 1.29 is 23.9 Å². The van der Waals surface area contributed by atoms with Crippen molar-refractivity contribution in [1.29, 1.82) is 0 Å². The highest BCUT2D eigenvalue weighted by Gasteiger charge is 2.19. The quantitative estimate of drug-likeness (QED) is 0.482. The molecular weight excluding hydrogens is 380 g/mol. The number of carbonyl (C=O) groups is 3. The Hall–Kier alpha value is -2.06. The third-order valence-electron chi connectivity index (χ3n) is 4.15. The maximum absolute atomic E-state index is 12.4. The van der Waals surface area contributed by atoms with E-state index in [9.17, 15) is 14.4 Å². The van der Waals surface area contributed by atoms with Crippen LogP contribution in [0.25, 0.3) is 0 Å². The Labute approximate surface area is 169 Å². The molecule has 1 saturated heterocycles. The third kappa shape index (κ3) is 7.90. The average Bonchev–Trinajstić information content (AvgIpc) is 3.18. The second-order valence-corrected chi connectivity index (χ2v) is 8.07. The Morgan fingerprint density at radius 2 is 2.07 bits per heavy atom. The number of nitrogens with one attached hydrogen (secondary N) is 2. The molecule has 2 rings (SSSR count). The number of hydrogen-bond acceptors (Lipinski definition) is 6. The lowest BCUT2D eigenvalue weighted by atomic mass is 10.1. The molecule has 1 heterocycles. The van der Waals surface area contributed by atoms with Crippen LogP contribution in [-0.4, -0.2) is 49.5 Å². The molecule has 1 fully saturated rings. The summed E-state index contributed by atoms with van der Waals surface area (Å²) in [5.74, 6) is -0.0396. The number of amides is 3. The number of rotatable bonds is 9. The first kappa shape index (κ1) is 22.2. The Morgan fingerprint density at radius 1 is 1.29 bits per heavy atom. The summed E-state index contributed by atoms with van der Waals surface area (Å²) in [5, 5.41) is 4.74. The van der Waals surface area contributed by atoms with Gasteiger partial charge in [0.15, 0.2) is 6.61 Å². The molecule has 0 unspecified atom stereocenters. The molecule has 28 heavy (non-hydrogen) atoms. The molecule has 0 aromatic heterocycles. The Kier molecular flexibility index (Phi) is 9.30. The number of benzene rings is 1. The van der Waals surface area contributed by atoms with Crippen LogP contribution in [0.2, 0.25) is 0 Å². The van der Waals surface area contributed by atoms with Gasteiger partial charge in [-0.2, -0.15) is 0 Å². The zero-order valence-electron chi connectivity index (χ0n) is 16.4. The Bertz CT molecular complexity index is 674. The van der Waals surface area contributed by atoms with Crippen molar-refractivity contribution in [2.75, 3.05) is 25.5 Å². The molecule has 1 aliphatic rings. The van der Waals surface area contributed by atoms with Gasteiger partial charge in [0, 0.05) is 23.8 Å². The molecule has 0 saturated carbocycles. The predicted octanol–water partition coefficient (Wildman–Crippen LogP) is 2.99. The molecule has 154 valence electrons. The number of hydrogen-bond donors (Lipinski definition) is 2. The molecule has 0 radical (unpaired) electrons. The predicted molar refractivity (Wildman–Crippen MR) is 107 cm³/mol. The molecule has 1 aromatic rings. The van der Waals surface area contributed by atoms with Crippen molar-refractivity contribution in [2.24, 2.45) is 5.92 Å². The maximum Gasteiger partial charge on any atom is 0.339 e. The summed E-state index contributed by atoms with van der Waals surface area (Å²) in [4.78, 5) is 36.6. The van der Waals surface area contributed by atoms with Gasteiger partial charge in [-0.05, 0) is 37.3 Å². The molecule has 7 nitrogen and oxygen atoms in total. The number of carbonyl (C=O) groups excluding carboxylic acids is 3. The minimum atomic E-state index is -0.667. The first-order valence-electron chi connectivity index (χ1n) is 9.54. The van der Waals surface area contributed by atoms with Gasteiger partial charge in [0.2, 0.25) is 0 Å². The molecule has 0 spiro atoms. The summed E-state index contributed by atoms with van der Waals surface area (Å²) in [6, 6.07) is 6.52. The topological polar surface area (TPSA) is 93.7 Å². The summed E-state index contributed by atoms with van der Waals surface area (Å²) in [6.07, 6.45) is 3.11. The second kappa shape index (κ2) is 11.7. The van der Waals surface area contributed by atoms with Gasteiger partial charge in [0.05, 0.1) is 11.7 Å². The van der Waals surface area contributed by atoms with Crippen molar-refractivity contribution in [1.82, 2.24) is 10.6 Å². The SMILES string of the molecule is CC(C)CCNC(=O)NC(=O)COC(=O)c1ccccc1SC[C@@H]1CCCO1. The molecular formula is C20H28N2O5S. The zero-order chi connectivity index (χ0) is 20.4. The molecule has 1 atom stereocenters. The van der Waals surface area contributed by atoms with Gasteiger partial charge >= 0.3 is 12.0 Å². The van der Waals surface area contributed by atoms with E-state index in [-0.39, 0.29) is 6.10 Å². The van der Waals surface area contributed by atoms with Gasteiger partial charge in [-0.1, -0.05) is 26.0 Å². The highest BCUT2D eigenvalue weighted by molar-refractivity contribution is 7.99. The van der Waals surface area contributed by atoms with Crippen LogP contribution in [-0.2, 0) is 14.3 Å². The van der Waals surface area contributed by atoms with Gasteiger partial charge in [-0.3, -0.25) is 10.1 Å². The van der Waals surface area contributed by atoms with Crippen LogP contribution in [0.4, 0.5) is 4.79 Å². The van der Waals surface area contributed by atoms with E-state index in [0.717, 1.165) is 36.5 Å². The van der Waals surface area contributed by atoms with Crippen LogP contribution < -0.4 is 10.6 Å². The normalized spacial score (nSPS) is 16.0. The zero-order valence-corrected chi connectivity index (χ0v) is 17.2. The number of ether oxygens (including phenoxy) is 2. The van der Waals surface area contributed by atoms with Crippen LogP contribution in [0.1, 0.15) is 43.5 Å². The smallest absolute Gasteiger partial charge is 0.339 e. The van der Waals surface area contributed by atoms with Crippen LogP contribution in [0.3, 0.4) is 0 Å². The monoisotopic (exact) mass is 408 g/mol. The third-order valence-corrected chi connectivity index (χ3v) is 5.36. The van der Waals surface area contributed by atoms with Gasteiger partial charge < -0.3 is 14.8 Å². The van der Waals surface area contributed by atoms with Crippen molar-refractivity contribution in [3.05, 3.63) is 29.8 Å². The standard InChI is InChI=1S/C20H28N2O5S/c1-14(2)9-10-21-20(25)22-18(23)12-27-19(24)16-7-3-4-8-17(16)28-13-15-6-5-11-26-15/h3-4,7-8,14-15H,5-6,9-13H2,1-2H3,(H2,21,22,23,25)/t15-/m0/s1. The minimum absolute atomic E-state index is 0.203. The first-order valence-corrected chi connectivity index (χ1v) is 10.5. The Balaban J connectivity index is 1.77. The highest BCUT2D eigenvalue weighted by atomic mass is 32.2. The number of imide groups is 1. The van der Waals surface area contributed by atoms with Crippen LogP contribution >= 0.6 is 11.8 Å². The van der Waals surface area contributed by atoms with E-state index < -0.39 is 24.5 Å². The van der Waals surface area contributed by atoms with Crippen molar-refractivity contribution >= 4 is 29.7 Å². The van der Waals surface area contributed by atoms with Crippen molar-refractivity contribution in [3.8, 4) is 0 Å².